The van der Waals surface area contributed by atoms with E-state index >= 15 is 0 Å². The average molecular weight is 226 g/mol. The molecule has 5 heteroatoms. The lowest BCUT2D eigenvalue weighted by Crippen LogP contribution is -2.34. The van der Waals surface area contributed by atoms with Gasteiger partial charge < -0.3 is 5.32 Å². The smallest absolute Gasteiger partial charge is 0.253 e. The molecule has 80 valence electrons. The molecule has 1 atom stereocenters. The van der Waals surface area contributed by atoms with Gasteiger partial charge in [-0.3, -0.25) is 9.78 Å². The van der Waals surface area contributed by atoms with E-state index in [1.54, 1.807) is 0 Å². The molecule has 0 aromatic carbocycles. The third-order valence-electron chi connectivity index (χ3n) is 2.23. The van der Waals surface area contributed by atoms with Gasteiger partial charge in [-0.2, -0.15) is 11.8 Å². The van der Waals surface area contributed by atoms with Crippen molar-refractivity contribution < 1.29 is 9.18 Å². The SMILES string of the molecule is O=C(N[C@H]1CCSC1)c1cncc(F)c1. The predicted octanol–water partition coefficient (Wildman–Crippen LogP) is 1.46. The van der Waals surface area contributed by atoms with E-state index in [0.717, 1.165) is 24.1 Å². The largest absolute Gasteiger partial charge is 0.348 e. The number of halogens is 1. The van der Waals surface area contributed by atoms with Gasteiger partial charge in [-0.05, 0) is 18.2 Å². The minimum atomic E-state index is -0.483. The monoisotopic (exact) mass is 226 g/mol. The Hall–Kier alpha value is -1.10. The molecule has 1 saturated heterocycles. The van der Waals surface area contributed by atoms with Crippen LogP contribution in [-0.4, -0.2) is 28.4 Å². The highest BCUT2D eigenvalue weighted by Crippen LogP contribution is 2.17. The fourth-order valence-electron chi connectivity index (χ4n) is 1.45. The van der Waals surface area contributed by atoms with Gasteiger partial charge in [-0.15, -0.1) is 0 Å². The Balaban J connectivity index is 2.01. The summed E-state index contributed by atoms with van der Waals surface area (Å²) in [5.74, 6) is 1.29. The van der Waals surface area contributed by atoms with E-state index in [2.05, 4.69) is 10.3 Å². The summed E-state index contributed by atoms with van der Waals surface area (Å²) < 4.78 is 12.8. The van der Waals surface area contributed by atoms with Crippen molar-refractivity contribution in [3.05, 3.63) is 29.8 Å². The average Bonchev–Trinajstić information content (AvgIpc) is 2.70. The molecule has 3 nitrogen and oxygen atoms in total. The van der Waals surface area contributed by atoms with Crippen LogP contribution in [0, 0.1) is 5.82 Å². The first-order valence-electron chi connectivity index (χ1n) is 4.75. The van der Waals surface area contributed by atoms with Crippen molar-refractivity contribution in [2.24, 2.45) is 0 Å². The molecule has 1 N–H and O–H groups in total. The molecule has 1 amide bonds. The van der Waals surface area contributed by atoms with Crippen molar-refractivity contribution in [1.29, 1.82) is 0 Å². The number of nitrogens with one attached hydrogen (secondary N) is 1. The number of pyridine rings is 1. The molecule has 0 aliphatic carbocycles. The summed E-state index contributed by atoms with van der Waals surface area (Å²) >= 11 is 1.82. The quantitative estimate of drug-likeness (QED) is 0.830. The van der Waals surface area contributed by atoms with Crippen molar-refractivity contribution in [3.8, 4) is 0 Å². The number of carbonyl (C=O) groups is 1. The van der Waals surface area contributed by atoms with Crippen LogP contribution in [0.15, 0.2) is 18.5 Å². The van der Waals surface area contributed by atoms with Gasteiger partial charge in [-0.1, -0.05) is 0 Å². The van der Waals surface area contributed by atoms with Crippen LogP contribution < -0.4 is 5.32 Å². The summed E-state index contributed by atoms with van der Waals surface area (Å²) in [4.78, 5) is 15.3. The van der Waals surface area contributed by atoms with E-state index in [0.29, 0.717) is 0 Å². The van der Waals surface area contributed by atoms with Gasteiger partial charge in [0.25, 0.3) is 5.91 Å². The molecule has 0 unspecified atom stereocenters. The van der Waals surface area contributed by atoms with Crippen LogP contribution in [-0.2, 0) is 0 Å². The van der Waals surface area contributed by atoms with Gasteiger partial charge in [0.1, 0.15) is 5.82 Å². The van der Waals surface area contributed by atoms with Crippen molar-refractivity contribution in [2.45, 2.75) is 12.5 Å². The highest BCUT2D eigenvalue weighted by molar-refractivity contribution is 7.99. The summed E-state index contributed by atoms with van der Waals surface area (Å²) in [6.07, 6.45) is 3.45. The first-order valence-corrected chi connectivity index (χ1v) is 5.90. The summed E-state index contributed by atoms with van der Waals surface area (Å²) in [5, 5.41) is 2.86. The topological polar surface area (TPSA) is 42.0 Å². The Kier molecular flexibility index (Phi) is 3.20. The Morgan fingerprint density at radius 2 is 2.47 bits per heavy atom. The van der Waals surface area contributed by atoms with Crippen LogP contribution in [0.5, 0.6) is 0 Å². The second kappa shape index (κ2) is 4.61. The maximum atomic E-state index is 12.8. The Labute approximate surface area is 91.5 Å². The summed E-state index contributed by atoms with van der Waals surface area (Å²) in [7, 11) is 0. The number of carbonyl (C=O) groups excluding carboxylic acids is 1. The molecule has 15 heavy (non-hydrogen) atoms. The van der Waals surface area contributed by atoms with Gasteiger partial charge in [0.05, 0.1) is 11.8 Å². The van der Waals surface area contributed by atoms with E-state index in [9.17, 15) is 9.18 Å². The van der Waals surface area contributed by atoms with Crippen LogP contribution >= 0.6 is 11.8 Å². The highest BCUT2D eigenvalue weighted by Gasteiger charge is 2.18. The molecule has 0 saturated carbocycles. The Bertz CT molecular complexity index is 366. The van der Waals surface area contributed by atoms with E-state index in [4.69, 9.17) is 0 Å². The second-order valence-electron chi connectivity index (χ2n) is 3.43. The molecular weight excluding hydrogens is 215 g/mol. The lowest BCUT2D eigenvalue weighted by molar-refractivity contribution is 0.0940. The molecular formula is C10H11FN2OS. The third kappa shape index (κ3) is 2.68. The summed E-state index contributed by atoms with van der Waals surface area (Å²) in [6.45, 7) is 0. The molecule has 0 radical (unpaired) electrons. The van der Waals surface area contributed by atoms with Gasteiger partial charge in [0.2, 0.25) is 0 Å². The Morgan fingerprint density at radius 3 is 3.13 bits per heavy atom. The van der Waals surface area contributed by atoms with Crippen molar-refractivity contribution in [3.63, 3.8) is 0 Å². The van der Waals surface area contributed by atoms with Crippen LogP contribution in [0.1, 0.15) is 16.8 Å². The van der Waals surface area contributed by atoms with Gasteiger partial charge in [-0.25, -0.2) is 4.39 Å². The number of thioether (sulfide) groups is 1. The molecule has 1 aliphatic heterocycles. The number of hydrogen-bond acceptors (Lipinski definition) is 3. The number of amides is 1. The molecule has 1 aliphatic rings. The lowest BCUT2D eigenvalue weighted by atomic mass is 10.2. The minimum Gasteiger partial charge on any atom is -0.348 e. The van der Waals surface area contributed by atoms with Gasteiger partial charge >= 0.3 is 0 Å². The predicted molar refractivity (Wildman–Crippen MR) is 57.4 cm³/mol. The number of aromatic nitrogens is 1. The maximum absolute atomic E-state index is 12.8. The molecule has 2 heterocycles. The zero-order chi connectivity index (χ0) is 10.7. The molecule has 1 fully saturated rings. The van der Waals surface area contributed by atoms with E-state index < -0.39 is 5.82 Å². The normalized spacial score (nSPS) is 20.2. The number of hydrogen-bond donors (Lipinski definition) is 1. The molecule has 1 aromatic rings. The van der Waals surface area contributed by atoms with E-state index in [1.807, 2.05) is 11.8 Å². The van der Waals surface area contributed by atoms with Gasteiger partial charge in [0, 0.05) is 18.0 Å². The molecule has 2 rings (SSSR count). The number of rotatable bonds is 2. The minimum absolute atomic E-state index is 0.214. The fraction of sp³-hybridized carbons (Fsp3) is 0.400. The summed E-state index contributed by atoms with van der Waals surface area (Å²) in [5.41, 5.74) is 0.284. The van der Waals surface area contributed by atoms with Gasteiger partial charge in [0.15, 0.2) is 0 Å². The number of nitrogens with zero attached hydrogens (tertiary/aromatic N) is 1. The summed E-state index contributed by atoms with van der Waals surface area (Å²) in [6, 6.07) is 1.41. The lowest BCUT2D eigenvalue weighted by Gasteiger charge is -2.10. The second-order valence-corrected chi connectivity index (χ2v) is 4.58. The van der Waals surface area contributed by atoms with Crippen LogP contribution in [0.4, 0.5) is 4.39 Å². The maximum Gasteiger partial charge on any atom is 0.253 e. The van der Waals surface area contributed by atoms with Crippen molar-refractivity contribution >= 4 is 17.7 Å². The zero-order valence-corrected chi connectivity index (χ0v) is 8.89. The van der Waals surface area contributed by atoms with Crippen molar-refractivity contribution in [2.75, 3.05) is 11.5 Å². The first kappa shape index (κ1) is 10.4. The Morgan fingerprint density at radius 1 is 1.60 bits per heavy atom. The molecule has 0 bridgehead atoms. The zero-order valence-electron chi connectivity index (χ0n) is 8.07. The molecule has 1 aromatic heterocycles. The first-order chi connectivity index (χ1) is 7.25. The van der Waals surface area contributed by atoms with Crippen LogP contribution in [0.2, 0.25) is 0 Å². The molecule has 0 spiro atoms. The van der Waals surface area contributed by atoms with E-state index in [1.165, 1.54) is 12.3 Å². The highest BCUT2D eigenvalue weighted by atomic mass is 32.2. The van der Waals surface area contributed by atoms with Crippen LogP contribution in [0.3, 0.4) is 0 Å². The standard InChI is InChI=1S/C10H11FN2OS/c11-8-3-7(4-12-5-8)10(14)13-9-1-2-15-6-9/h3-5,9H,1-2,6H2,(H,13,14)/t9-/m0/s1. The fourth-order valence-corrected chi connectivity index (χ4v) is 2.61. The van der Waals surface area contributed by atoms with Crippen LogP contribution in [0.25, 0.3) is 0 Å². The third-order valence-corrected chi connectivity index (χ3v) is 3.39. The van der Waals surface area contributed by atoms with E-state index in [-0.39, 0.29) is 17.5 Å². The van der Waals surface area contributed by atoms with Crippen molar-refractivity contribution in [1.82, 2.24) is 10.3 Å².